The lowest BCUT2D eigenvalue weighted by molar-refractivity contribution is -0.126. The number of aromatic nitrogens is 1. The summed E-state index contributed by atoms with van der Waals surface area (Å²) >= 11 is 1.69. The zero-order valence-corrected chi connectivity index (χ0v) is 17.0. The number of aryl methyl sites for hydroxylation is 1. The Morgan fingerprint density at radius 2 is 1.77 bits per heavy atom. The summed E-state index contributed by atoms with van der Waals surface area (Å²) in [6.45, 7) is 10.3. The van der Waals surface area contributed by atoms with Crippen LogP contribution in [0.5, 0.6) is 0 Å². The summed E-state index contributed by atoms with van der Waals surface area (Å²) in [5.41, 5.74) is 3.57. The average molecular weight is 372 g/mol. The fourth-order valence-corrected chi connectivity index (χ4v) is 4.26. The first-order valence-corrected chi connectivity index (χ1v) is 10.4. The van der Waals surface area contributed by atoms with Gasteiger partial charge in [0.25, 0.3) is 0 Å². The Labute approximate surface area is 160 Å². The summed E-state index contributed by atoms with van der Waals surface area (Å²) in [5, 5.41) is 6.37. The molecule has 1 aliphatic rings. The number of amides is 1. The number of nitrogens with one attached hydrogen (secondary N) is 1. The van der Waals surface area contributed by atoms with Crippen molar-refractivity contribution in [1.29, 1.82) is 0 Å². The Bertz CT molecular complexity index is 730. The molecule has 0 spiro atoms. The summed E-state index contributed by atoms with van der Waals surface area (Å²) in [5.74, 6) is 0.811. The summed E-state index contributed by atoms with van der Waals surface area (Å²) < 4.78 is 0. The lowest BCUT2D eigenvalue weighted by Gasteiger charge is -2.31. The second-order valence-electron chi connectivity index (χ2n) is 7.58. The van der Waals surface area contributed by atoms with Gasteiger partial charge in [0.1, 0.15) is 0 Å². The van der Waals surface area contributed by atoms with Crippen molar-refractivity contribution in [2.45, 2.75) is 52.5 Å². The molecule has 1 amide bonds. The highest BCUT2D eigenvalue weighted by Crippen LogP contribution is 2.27. The third kappa shape index (κ3) is 4.44. The predicted octanol–water partition coefficient (Wildman–Crippen LogP) is 4.67. The second-order valence-corrected chi connectivity index (χ2v) is 8.42. The minimum absolute atomic E-state index is 0.0448. The topological polar surface area (TPSA) is 45.2 Å². The minimum Gasteiger partial charge on any atom is -0.349 e. The van der Waals surface area contributed by atoms with E-state index in [0.717, 1.165) is 36.8 Å². The van der Waals surface area contributed by atoms with Crippen LogP contribution < -0.4 is 10.2 Å². The standard InChI is InChI=1S/C21H29N3OS/c1-14(2)17-5-7-18(8-6-17)16(4)23-20(25)19-9-11-24(12-10-19)21-22-15(3)13-26-21/h5-8,13-14,16,19H,9-12H2,1-4H3,(H,23,25)/t16-/m0/s1. The first kappa shape index (κ1) is 18.9. The highest BCUT2D eigenvalue weighted by atomic mass is 32.1. The number of carbonyl (C=O) groups excluding carboxylic acids is 1. The molecule has 0 saturated carbocycles. The van der Waals surface area contributed by atoms with Crippen molar-refractivity contribution in [2.75, 3.05) is 18.0 Å². The Balaban J connectivity index is 1.52. The molecule has 1 N–H and O–H groups in total. The Morgan fingerprint density at radius 3 is 2.31 bits per heavy atom. The molecule has 0 radical (unpaired) electrons. The Kier molecular flexibility index (Phi) is 5.97. The van der Waals surface area contributed by atoms with Crippen molar-refractivity contribution in [3.8, 4) is 0 Å². The summed E-state index contributed by atoms with van der Waals surface area (Å²) in [6.07, 6.45) is 1.78. The maximum absolute atomic E-state index is 12.7. The molecule has 26 heavy (non-hydrogen) atoms. The van der Waals surface area contributed by atoms with Gasteiger partial charge < -0.3 is 10.2 Å². The highest BCUT2D eigenvalue weighted by molar-refractivity contribution is 7.13. The molecule has 0 bridgehead atoms. The quantitative estimate of drug-likeness (QED) is 0.831. The van der Waals surface area contributed by atoms with Gasteiger partial charge >= 0.3 is 0 Å². The number of rotatable bonds is 5. The predicted molar refractivity (Wildman–Crippen MR) is 109 cm³/mol. The molecule has 1 aromatic heterocycles. The molecular weight excluding hydrogens is 342 g/mol. The average Bonchev–Trinajstić information content (AvgIpc) is 3.08. The molecule has 1 fully saturated rings. The van der Waals surface area contributed by atoms with Crippen LogP contribution in [0, 0.1) is 12.8 Å². The lowest BCUT2D eigenvalue weighted by atomic mass is 9.95. The van der Waals surface area contributed by atoms with E-state index in [9.17, 15) is 4.79 Å². The van der Waals surface area contributed by atoms with E-state index in [4.69, 9.17) is 0 Å². The van der Waals surface area contributed by atoms with E-state index in [1.807, 2.05) is 6.92 Å². The fourth-order valence-electron chi connectivity index (χ4n) is 3.40. The maximum atomic E-state index is 12.7. The number of carbonyl (C=O) groups is 1. The summed E-state index contributed by atoms with van der Waals surface area (Å²) in [6, 6.07) is 8.64. The number of thiazole rings is 1. The molecule has 4 nitrogen and oxygen atoms in total. The van der Waals surface area contributed by atoms with Gasteiger partial charge in [0.05, 0.1) is 11.7 Å². The van der Waals surface area contributed by atoms with Crippen molar-refractivity contribution in [3.05, 3.63) is 46.5 Å². The first-order chi connectivity index (χ1) is 12.4. The van der Waals surface area contributed by atoms with Crippen molar-refractivity contribution in [3.63, 3.8) is 0 Å². The molecule has 1 saturated heterocycles. The zero-order chi connectivity index (χ0) is 18.7. The van der Waals surface area contributed by atoms with Gasteiger partial charge in [-0.3, -0.25) is 4.79 Å². The van der Waals surface area contributed by atoms with Crippen LogP contribution in [0.25, 0.3) is 0 Å². The molecule has 3 rings (SSSR count). The number of piperidine rings is 1. The fraction of sp³-hybridized carbons (Fsp3) is 0.524. The van der Waals surface area contributed by atoms with Crippen LogP contribution in [0.2, 0.25) is 0 Å². The molecule has 0 unspecified atom stereocenters. The van der Waals surface area contributed by atoms with Gasteiger partial charge in [-0.1, -0.05) is 38.1 Å². The molecule has 1 aromatic carbocycles. The second kappa shape index (κ2) is 8.21. The monoisotopic (exact) mass is 371 g/mol. The largest absolute Gasteiger partial charge is 0.349 e. The number of hydrogen-bond acceptors (Lipinski definition) is 4. The first-order valence-electron chi connectivity index (χ1n) is 9.51. The van der Waals surface area contributed by atoms with E-state index in [1.165, 1.54) is 11.1 Å². The molecular formula is C21H29N3OS. The summed E-state index contributed by atoms with van der Waals surface area (Å²) in [7, 11) is 0. The van der Waals surface area contributed by atoms with Gasteiger partial charge in [-0.15, -0.1) is 11.3 Å². The van der Waals surface area contributed by atoms with Gasteiger partial charge in [0.15, 0.2) is 5.13 Å². The van der Waals surface area contributed by atoms with E-state index in [-0.39, 0.29) is 17.9 Å². The van der Waals surface area contributed by atoms with E-state index < -0.39 is 0 Å². The van der Waals surface area contributed by atoms with Crippen LogP contribution in [0.1, 0.15) is 62.4 Å². The van der Waals surface area contributed by atoms with Crippen LogP contribution in [0.4, 0.5) is 5.13 Å². The Morgan fingerprint density at radius 1 is 1.15 bits per heavy atom. The minimum atomic E-state index is 0.0448. The SMILES string of the molecule is Cc1csc(N2CCC(C(=O)N[C@@H](C)c3ccc(C(C)C)cc3)CC2)n1. The van der Waals surface area contributed by atoms with Gasteiger partial charge in [-0.25, -0.2) is 4.98 Å². The summed E-state index contributed by atoms with van der Waals surface area (Å²) in [4.78, 5) is 19.5. The van der Waals surface area contributed by atoms with E-state index in [1.54, 1.807) is 11.3 Å². The van der Waals surface area contributed by atoms with Gasteiger partial charge in [-0.2, -0.15) is 0 Å². The van der Waals surface area contributed by atoms with E-state index in [0.29, 0.717) is 5.92 Å². The van der Waals surface area contributed by atoms with Crippen molar-refractivity contribution >= 4 is 22.4 Å². The molecule has 1 atom stereocenters. The van der Waals surface area contributed by atoms with Crippen molar-refractivity contribution in [1.82, 2.24) is 10.3 Å². The highest BCUT2D eigenvalue weighted by Gasteiger charge is 2.27. The van der Waals surface area contributed by atoms with Gasteiger partial charge in [0, 0.05) is 24.4 Å². The van der Waals surface area contributed by atoms with Crippen LogP contribution in [0.3, 0.4) is 0 Å². The van der Waals surface area contributed by atoms with Gasteiger partial charge in [0.2, 0.25) is 5.91 Å². The normalized spacial score (nSPS) is 16.7. The van der Waals surface area contributed by atoms with Crippen LogP contribution in [-0.4, -0.2) is 24.0 Å². The molecule has 2 heterocycles. The van der Waals surface area contributed by atoms with E-state index in [2.05, 4.69) is 65.6 Å². The third-order valence-corrected chi connectivity index (χ3v) is 6.22. The molecule has 2 aromatic rings. The van der Waals surface area contributed by atoms with Crippen molar-refractivity contribution in [2.24, 2.45) is 5.92 Å². The van der Waals surface area contributed by atoms with Crippen LogP contribution >= 0.6 is 11.3 Å². The molecule has 0 aliphatic carbocycles. The molecule has 1 aliphatic heterocycles. The maximum Gasteiger partial charge on any atom is 0.223 e. The third-order valence-electron chi connectivity index (χ3n) is 5.21. The zero-order valence-electron chi connectivity index (χ0n) is 16.2. The number of anilines is 1. The number of hydrogen-bond donors (Lipinski definition) is 1. The van der Waals surface area contributed by atoms with Crippen LogP contribution in [0.15, 0.2) is 29.6 Å². The molecule has 140 valence electrons. The smallest absolute Gasteiger partial charge is 0.223 e. The molecule has 5 heteroatoms. The number of benzene rings is 1. The lowest BCUT2D eigenvalue weighted by Crippen LogP contribution is -2.41. The number of nitrogens with zero attached hydrogens (tertiary/aromatic N) is 2. The van der Waals surface area contributed by atoms with Crippen LogP contribution in [-0.2, 0) is 4.79 Å². The Hall–Kier alpha value is -1.88. The van der Waals surface area contributed by atoms with Crippen molar-refractivity contribution < 1.29 is 4.79 Å². The van der Waals surface area contributed by atoms with Gasteiger partial charge in [-0.05, 0) is 43.7 Å². The van der Waals surface area contributed by atoms with E-state index >= 15 is 0 Å².